The Hall–Kier alpha value is -1.06. The zero-order chi connectivity index (χ0) is 14.7. The lowest BCUT2D eigenvalue weighted by molar-refractivity contribution is -0.0963. The van der Waals surface area contributed by atoms with E-state index in [2.05, 4.69) is 24.0 Å². The summed E-state index contributed by atoms with van der Waals surface area (Å²) in [6.07, 6.45) is 5.60. The monoisotopic (exact) mass is 289 g/mol. The number of piperidine rings is 1. The highest BCUT2D eigenvalue weighted by Crippen LogP contribution is 2.39. The Balaban J connectivity index is 1.46. The van der Waals surface area contributed by atoms with Crippen molar-refractivity contribution in [3.05, 3.63) is 29.8 Å². The maximum atomic E-state index is 10.7. The average Bonchev–Trinajstić information content (AvgIpc) is 2.47. The molecule has 1 saturated heterocycles. The fraction of sp³-hybridized carbons (Fsp3) is 0.667. The molecule has 116 valence electrons. The van der Waals surface area contributed by atoms with Crippen LogP contribution in [0, 0.1) is 12.8 Å². The molecule has 0 bridgehead atoms. The van der Waals surface area contributed by atoms with Crippen LogP contribution in [-0.4, -0.2) is 41.8 Å². The topological polar surface area (TPSA) is 32.7 Å². The SMILES string of the molecule is Cc1cccc(OCCN2CCC3(O)CCCCC3C2)c1. The summed E-state index contributed by atoms with van der Waals surface area (Å²) in [6, 6.07) is 8.22. The molecule has 1 aliphatic carbocycles. The minimum absolute atomic E-state index is 0.369. The molecule has 1 N–H and O–H groups in total. The summed E-state index contributed by atoms with van der Waals surface area (Å²) in [5, 5.41) is 10.7. The molecule has 3 nitrogen and oxygen atoms in total. The highest BCUT2D eigenvalue weighted by molar-refractivity contribution is 5.27. The van der Waals surface area contributed by atoms with Crippen molar-refractivity contribution in [2.75, 3.05) is 26.2 Å². The highest BCUT2D eigenvalue weighted by atomic mass is 16.5. The number of likely N-dealkylation sites (tertiary alicyclic amines) is 1. The molecule has 0 radical (unpaired) electrons. The van der Waals surface area contributed by atoms with Gasteiger partial charge < -0.3 is 9.84 Å². The van der Waals surface area contributed by atoms with Gasteiger partial charge in [-0.3, -0.25) is 4.90 Å². The summed E-state index contributed by atoms with van der Waals surface area (Å²) in [4.78, 5) is 2.46. The van der Waals surface area contributed by atoms with Crippen LogP contribution in [0.3, 0.4) is 0 Å². The Labute approximate surface area is 127 Å². The molecule has 1 aromatic rings. The van der Waals surface area contributed by atoms with Crippen molar-refractivity contribution in [3.63, 3.8) is 0 Å². The van der Waals surface area contributed by atoms with Gasteiger partial charge in [0, 0.05) is 25.6 Å². The second-order valence-electron chi connectivity index (χ2n) is 6.76. The predicted molar refractivity (Wildman–Crippen MR) is 84.6 cm³/mol. The van der Waals surface area contributed by atoms with Gasteiger partial charge in [0.2, 0.25) is 0 Å². The van der Waals surface area contributed by atoms with Gasteiger partial charge in [-0.15, -0.1) is 0 Å². The molecule has 1 aromatic carbocycles. The van der Waals surface area contributed by atoms with E-state index in [1.807, 2.05) is 12.1 Å². The molecule has 3 rings (SSSR count). The minimum Gasteiger partial charge on any atom is -0.492 e. The van der Waals surface area contributed by atoms with Crippen LogP contribution in [-0.2, 0) is 0 Å². The molecule has 2 aliphatic rings. The zero-order valence-corrected chi connectivity index (χ0v) is 13.1. The van der Waals surface area contributed by atoms with Crippen molar-refractivity contribution >= 4 is 0 Å². The first kappa shape index (κ1) is 14.9. The maximum absolute atomic E-state index is 10.7. The zero-order valence-electron chi connectivity index (χ0n) is 13.1. The number of ether oxygens (including phenoxy) is 1. The molecule has 1 heterocycles. The third kappa shape index (κ3) is 3.58. The van der Waals surface area contributed by atoms with E-state index < -0.39 is 0 Å². The Bertz CT molecular complexity index is 476. The van der Waals surface area contributed by atoms with E-state index in [0.717, 1.165) is 44.8 Å². The van der Waals surface area contributed by atoms with Crippen LogP contribution >= 0.6 is 0 Å². The Morgan fingerprint density at radius 1 is 1.33 bits per heavy atom. The Morgan fingerprint density at radius 3 is 3.10 bits per heavy atom. The number of hydrogen-bond donors (Lipinski definition) is 1. The number of benzene rings is 1. The van der Waals surface area contributed by atoms with Crippen molar-refractivity contribution < 1.29 is 9.84 Å². The molecular weight excluding hydrogens is 262 g/mol. The summed E-state index contributed by atoms with van der Waals surface area (Å²) in [6.45, 7) is 5.81. The van der Waals surface area contributed by atoms with Crippen LogP contribution in [0.15, 0.2) is 24.3 Å². The third-order valence-corrected chi connectivity index (χ3v) is 5.18. The van der Waals surface area contributed by atoms with E-state index in [9.17, 15) is 5.11 Å². The lowest BCUT2D eigenvalue weighted by atomic mass is 9.71. The smallest absolute Gasteiger partial charge is 0.119 e. The number of rotatable bonds is 4. The van der Waals surface area contributed by atoms with Crippen molar-refractivity contribution in [1.82, 2.24) is 4.90 Å². The normalized spacial score (nSPS) is 29.9. The maximum Gasteiger partial charge on any atom is 0.119 e. The molecule has 21 heavy (non-hydrogen) atoms. The van der Waals surface area contributed by atoms with Crippen molar-refractivity contribution in [2.24, 2.45) is 5.92 Å². The summed E-state index contributed by atoms with van der Waals surface area (Å²) in [5.41, 5.74) is 0.865. The molecule has 3 heteroatoms. The van der Waals surface area contributed by atoms with E-state index in [0.29, 0.717) is 5.92 Å². The van der Waals surface area contributed by atoms with E-state index in [1.54, 1.807) is 0 Å². The van der Waals surface area contributed by atoms with Gasteiger partial charge in [0.25, 0.3) is 0 Å². The molecule has 2 fully saturated rings. The third-order valence-electron chi connectivity index (χ3n) is 5.18. The lowest BCUT2D eigenvalue weighted by Gasteiger charge is -2.47. The van der Waals surface area contributed by atoms with E-state index in [4.69, 9.17) is 4.74 Å². The number of fused-ring (bicyclic) bond motifs is 1. The fourth-order valence-electron chi connectivity index (χ4n) is 3.84. The largest absolute Gasteiger partial charge is 0.492 e. The second-order valence-corrected chi connectivity index (χ2v) is 6.76. The number of nitrogens with zero attached hydrogens (tertiary/aromatic N) is 1. The summed E-state index contributed by atoms with van der Waals surface area (Å²) < 4.78 is 5.85. The number of aryl methyl sites for hydroxylation is 1. The predicted octanol–water partition coefficient (Wildman–Crippen LogP) is 3.00. The Kier molecular flexibility index (Phi) is 4.51. The van der Waals surface area contributed by atoms with Crippen LogP contribution in [0.2, 0.25) is 0 Å². The minimum atomic E-state index is -0.369. The Morgan fingerprint density at radius 2 is 2.24 bits per heavy atom. The van der Waals surface area contributed by atoms with Crippen LogP contribution in [0.5, 0.6) is 5.75 Å². The van der Waals surface area contributed by atoms with Crippen LogP contribution in [0.1, 0.15) is 37.7 Å². The highest BCUT2D eigenvalue weighted by Gasteiger charge is 2.42. The van der Waals surface area contributed by atoms with Gasteiger partial charge >= 0.3 is 0 Å². The molecule has 0 amide bonds. The lowest BCUT2D eigenvalue weighted by Crippen LogP contribution is -2.53. The van der Waals surface area contributed by atoms with Gasteiger partial charge in [0.15, 0.2) is 0 Å². The van der Waals surface area contributed by atoms with Gasteiger partial charge in [-0.2, -0.15) is 0 Å². The molecular formula is C18H27NO2. The quantitative estimate of drug-likeness (QED) is 0.925. The second kappa shape index (κ2) is 6.37. The first-order valence-electron chi connectivity index (χ1n) is 8.30. The molecule has 2 unspecified atom stereocenters. The number of aliphatic hydroxyl groups is 1. The van der Waals surface area contributed by atoms with E-state index >= 15 is 0 Å². The summed E-state index contributed by atoms with van der Waals surface area (Å²) >= 11 is 0. The van der Waals surface area contributed by atoms with Gasteiger partial charge in [0.1, 0.15) is 12.4 Å². The molecule has 0 aromatic heterocycles. The van der Waals surface area contributed by atoms with Gasteiger partial charge in [-0.05, 0) is 43.9 Å². The number of hydrogen-bond acceptors (Lipinski definition) is 3. The fourth-order valence-corrected chi connectivity index (χ4v) is 3.84. The van der Waals surface area contributed by atoms with Crippen LogP contribution in [0.4, 0.5) is 0 Å². The molecule has 1 aliphatic heterocycles. The van der Waals surface area contributed by atoms with Gasteiger partial charge in [-0.25, -0.2) is 0 Å². The van der Waals surface area contributed by atoms with Crippen molar-refractivity contribution in [2.45, 2.75) is 44.6 Å². The van der Waals surface area contributed by atoms with Crippen LogP contribution < -0.4 is 4.74 Å². The summed E-state index contributed by atoms with van der Waals surface area (Å²) in [7, 11) is 0. The summed E-state index contributed by atoms with van der Waals surface area (Å²) in [5.74, 6) is 1.43. The first-order valence-corrected chi connectivity index (χ1v) is 8.30. The van der Waals surface area contributed by atoms with Crippen LogP contribution in [0.25, 0.3) is 0 Å². The van der Waals surface area contributed by atoms with Crippen molar-refractivity contribution in [3.8, 4) is 5.75 Å². The van der Waals surface area contributed by atoms with Crippen molar-refractivity contribution in [1.29, 1.82) is 0 Å². The van der Waals surface area contributed by atoms with E-state index in [1.165, 1.54) is 24.8 Å². The average molecular weight is 289 g/mol. The molecule has 1 saturated carbocycles. The molecule has 0 spiro atoms. The van der Waals surface area contributed by atoms with E-state index in [-0.39, 0.29) is 5.60 Å². The standard InChI is InChI=1S/C18H27NO2/c1-15-5-4-7-17(13-15)21-12-11-19-10-9-18(20)8-3-2-6-16(18)14-19/h4-5,7,13,16,20H,2-3,6,8-12,14H2,1H3. The first-order chi connectivity index (χ1) is 10.2. The van der Waals surface area contributed by atoms with Gasteiger partial charge in [-0.1, -0.05) is 25.0 Å². The van der Waals surface area contributed by atoms with Gasteiger partial charge in [0.05, 0.1) is 5.60 Å². The molecule has 2 atom stereocenters.